The Hall–Kier alpha value is -2.48. The number of likely N-dealkylation sites (N-methyl/N-ethyl adjacent to an activating group) is 1. The zero-order valence-corrected chi connectivity index (χ0v) is 16.2. The van der Waals surface area contributed by atoms with E-state index in [2.05, 4.69) is 4.98 Å². The number of aryl methyl sites for hydroxylation is 1. The third-order valence-electron chi connectivity index (χ3n) is 5.99. The molecule has 1 amide bonds. The van der Waals surface area contributed by atoms with E-state index in [1.807, 2.05) is 0 Å². The van der Waals surface area contributed by atoms with Crippen molar-refractivity contribution >= 4 is 11.8 Å². The standard InChI is InChI=1S/C19H29N5O3/c1-12-16(25)6-5-14(22-12)17(20)15(24(3)21)11-27-18(26)23(2)13-9-19(10-13)7-4-8-19/h5-6,13,25H,4,7-11,20-21H2,1-3H3/b17-15-. The molecule has 27 heavy (non-hydrogen) atoms. The van der Waals surface area contributed by atoms with Crippen LogP contribution in [0.4, 0.5) is 4.79 Å². The van der Waals surface area contributed by atoms with E-state index in [0.29, 0.717) is 28.2 Å². The normalized spacial score (nSPS) is 19.0. The molecule has 148 valence electrons. The van der Waals surface area contributed by atoms with Crippen molar-refractivity contribution in [1.29, 1.82) is 0 Å². The number of nitrogens with zero attached hydrogens (tertiary/aromatic N) is 3. The van der Waals surface area contributed by atoms with Crippen LogP contribution in [-0.2, 0) is 4.74 Å². The first-order chi connectivity index (χ1) is 12.7. The molecule has 0 saturated heterocycles. The van der Waals surface area contributed by atoms with E-state index in [9.17, 15) is 9.90 Å². The fourth-order valence-corrected chi connectivity index (χ4v) is 3.90. The Kier molecular flexibility index (Phi) is 5.19. The van der Waals surface area contributed by atoms with Gasteiger partial charge in [-0.25, -0.2) is 15.6 Å². The molecule has 0 aliphatic heterocycles. The smallest absolute Gasteiger partial charge is 0.410 e. The summed E-state index contributed by atoms with van der Waals surface area (Å²) in [5, 5.41) is 10.9. The average Bonchev–Trinajstić information content (AvgIpc) is 2.54. The fourth-order valence-electron chi connectivity index (χ4n) is 3.90. The molecule has 3 rings (SSSR count). The predicted molar refractivity (Wildman–Crippen MR) is 102 cm³/mol. The summed E-state index contributed by atoms with van der Waals surface area (Å²) in [6, 6.07) is 3.37. The first kappa shape index (κ1) is 19.3. The summed E-state index contributed by atoms with van der Waals surface area (Å²) >= 11 is 0. The number of amides is 1. The van der Waals surface area contributed by atoms with Gasteiger partial charge in [0, 0.05) is 20.1 Å². The maximum atomic E-state index is 12.4. The third-order valence-corrected chi connectivity index (χ3v) is 5.99. The molecule has 8 nitrogen and oxygen atoms in total. The molecule has 0 unspecified atom stereocenters. The number of ether oxygens (including phenoxy) is 1. The lowest BCUT2D eigenvalue weighted by molar-refractivity contribution is -0.0432. The van der Waals surface area contributed by atoms with Crippen LogP contribution in [0.5, 0.6) is 5.75 Å². The zero-order valence-electron chi connectivity index (χ0n) is 16.2. The first-order valence-corrected chi connectivity index (χ1v) is 9.26. The van der Waals surface area contributed by atoms with E-state index >= 15 is 0 Å². The molecule has 0 bridgehead atoms. The molecular weight excluding hydrogens is 346 g/mol. The van der Waals surface area contributed by atoms with Gasteiger partial charge < -0.3 is 25.5 Å². The second kappa shape index (κ2) is 7.26. The molecule has 2 aliphatic rings. The van der Waals surface area contributed by atoms with Crippen LogP contribution in [0.2, 0.25) is 0 Å². The summed E-state index contributed by atoms with van der Waals surface area (Å²) in [7, 11) is 3.40. The van der Waals surface area contributed by atoms with Crippen LogP contribution in [-0.4, -0.2) is 52.8 Å². The van der Waals surface area contributed by atoms with Crippen LogP contribution in [0.1, 0.15) is 43.5 Å². The van der Waals surface area contributed by atoms with E-state index in [1.165, 1.54) is 30.3 Å². The quantitative estimate of drug-likeness (QED) is 0.531. The van der Waals surface area contributed by atoms with Crippen LogP contribution in [0.3, 0.4) is 0 Å². The van der Waals surface area contributed by atoms with Crippen molar-refractivity contribution in [2.24, 2.45) is 17.0 Å². The van der Waals surface area contributed by atoms with Crippen LogP contribution in [0, 0.1) is 12.3 Å². The van der Waals surface area contributed by atoms with Crippen molar-refractivity contribution in [3.63, 3.8) is 0 Å². The fraction of sp³-hybridized carbons (Fsp3) is 0.579. The van der Waals surface area contributed by atoms with Crippen molar-refractivity contribution in [3.05, 3.63) is 29.2 Å². The van der Waals surface area contributed by atoms with Crippen molar-refractivity contribution < 1.29 is 14.6 Å². The van der Waals surface area contributed by atoms with Gasteiger partial charge >= 0.3 is 6.09 Å². The Morgan fingerprint density at radius 2 is 2.04 bits per heavy atom. The second-order valence-electron chi connectivity index (χ2n) is 7.85. The number of nitrogens with two attached hydrogens (primary N) is 2. The molecule has 5 N–H and O–H groups in total. The largest absolute Gasteiger partial charge is 0.506 e. The molecule has 2 saturated carbocycles. The van der Waals surface area contributed by atoms with E-state index in [1.54, 1.807) is 32.0 Å². The number of hydrazine groups is 1. The minimum absolute atomic E-state index is 0.0541. The van der Waals surface area contributed by atoms with Crippen LogP contribution < -0.4 is 11.6 Å². The van der Waals surface area contributed by atoms with E-state index in [4.69, 9.17) is 16.3 Å². The van der Waals surface area contributed by atoms with Gasteiger partial charge in [-0.2, -0.15) is 0 Å². The minimum atomic E-state index is -0.379. The lowest BCUT2D eigenvalue weighted by Crippen LogP contribution is -2.54. The number of hydrogen-bond donors (Lipinski definition) is 3. The number of rotatable bonds is 5. The highest BCUT2D eigenvalue weighted by molar-refractivity contribution is 5.69. The van der Waals surface area contributed by atoms with E-state index in [0.717, 1.165) is 12.8 Å². The second-order valence-corrected chi connectivity index (χ2v) is 7.85. The van der Waals surface area contributed by atoms with Crippen molar-refractivity contribution in [1.82, 2.24) is 14.9 Å². The Balaban J connectivity index is 1.63. The molecule has 2 aliphatic carbocycles. The van der Waals surface area contributed by atoms with Gasteiger partial charge in [0.1, 0.15) is 12.4 Å². The van der Waals surface area contributed by atoms with Crippen LogP contribution >= 0.6 is 0 Å². The first-order valence-electron chi connectivity index (χ1n) is 9.26. The lowest BCUT2D eigenvalue weighted by atomic mass is 9.54. The Morgan fingerprint density at radius 1 is 1.37 bits per heavy atom. The molecule has 1 aromatic heterocycles. The van der Waals surface area contributed by atoms with Gasteiger partial charge in [-0.3, -0.25) is 0 Å². The van der Waals surface area contributed by atoms with Gasteiger partial charge in [0.25, 0.3) is 0 Å². The molecule has 2 fully saturated rings. The molecule has 0 aromatic carbocycles. The molecule has 1 spiro atoms. The van der Waals surface area contributed by atoms with Crippen molar-refractivity contribution in [2.75, 3.05) is 20.7 Å². The van der Waals surface area contributed by atoms with Gasteiger partial charge in [-0.1, -0.05) is 6.42 Å². The summed E-state index contributed by atoms with van der Waals surface area (Å²) in [6.07, 6.45) is 5.63. The maximum Gasteiger partial charge on any atom is 0.410 e. The zero-order chi connectivity index (χ0) is 19.8. The molecular formula is C19H29N5O3. The van der Waals surface area contributed by atoms with Crippen LogP contribution in [0.15, 0.2) is 17.8 Å². The highest BCUT2D eigenvalue weighted by Crippen LogP contribution is 2.57. The minimum Gasteiger partial charge on any atom is -0.506 e. The number of carbonyl (C=O) groups is 1. The molecule has 0 radical (unpaired) electrons. The predicted octanol–water partition coefficient (Wildman–Crippen LogP) is 1.93. The summed E-state index contributed by atoms with van der Waals surface area (Å²) in [6.45, 7) is 1.63. The van der Waals surface area contributed by atoms with Crippen LogP contribution in [0.25, 0.3) is 5.70 Å². The molecule has 8 heteroatoms. The number of carbonyl (C=O) groups excluding carboxylic acids is 1. The van der Waals surface area contributed by atoms with Gasteiger partial charge in [0.05, 0.1) is 22.8 Å². The summed E-state index contributed by atoms with van der Waals surface area (Å²) in [5.74, 6) is 5.97. The highest BCUT2D eigenvalue weighted by Gasteiger charge is 2.50. The number of pyridine rings is 1. The monoisotopic (exact) mass is 375 g/mol. The van der Waals surface area contributed by atoms with E-state index in [-0.39, 0.29) is 24.5 Å². The topological polar surface area (TPSA) is 118 Å². The van der Waals surface area contributed by atoms with Gasteiger partial charge in [0.2, 0.25) is 0 Å². The summed E-state index contributed by atoms with van der Waals surface area (Å²) in [5.41, 5.74) is 8.35. The van der Waals surface area contributed by atoms with Crippen molar-refractivity contribution in [3.8, 4) is 5.75 Å². The molecule has 1 heterocycles. The maximum absolute atomic E-state index is 12.4. The Morgan fingerprint density at radius 3 is 2.56 bits per heavy atom. The Bertz CT molecular complexity index is 750. The molecule has 0 atom stereocenters. The number of hydrogen-bond acceptors (Lipinski definition) is 7. The third kappa shape index (κ3) is 3.80. The molecule has 1 aromatic rings. The average molecular weight is 375 g/mol. The van der Waals surface area contributed by atoms with Crippen molar-refractivity contribution in [2.45, 2.75) is 45.1 Å². The Labute approximate surface area is 159 Å². The summed E-state index contributed by atoms with van der Waals surface area (Å²) < 4.78 is 5.45. The highest BCUT2D eigenvalue weighted by atomic mass is 16.6. The van der Waals surface area contributed by atoms with E-state index < -0.39 is 0 Å². The van der Waals surface area contributed by atoms with Gasteiger partial charge in [-0.15, -0.1) is 0 Å². The number of aromatic nitrogens is 1. The lowest BCUT2D eigenvalue weighted by Gasteiger charge is -2.56. The summed E-state index contributed by atoms with van der Waals surface area (Å²) in [4.78, 5) is 18.3. The van der Waals surface area contributed by atoms with Gasteiger partial charge in [-0.05, 0) is 50.2 Å². The SMILES string of the molecule is Cc1nc(/C(N)=C(\COC(=O)N(C)C2CC3(CCC3)C2)N(C)N)ccc1O. The number of aromatic hydroxyl groups is 1. The van der Waals surface area contributed by atoms with Gasteiger partial charge in [0.15, 0.2) is 0 Å².